The van der Waals surface area contributed by atoms with Crippen molar-refractivity contribution in [3.63, 3.8) is 0 Å². The van der Waals surface area contributed by atoms with Crippen molar-refractivity contribution in [2.45, 2.75) is 51.7 Å². The Kier molecular flexibility index (Phi) is 12.6. The van der Waals surface area contributed by atoms with E-state index in [1.807, 2.05) is 0 Å². The largest absolute Gasteiger partial charge is 0.481 e. The number of rotatable bonds is 5. The quantitative estimate of drug-likeness (QED) is 0.589. The first-order valence-corrected chi connectivity index (χ1v) is 6.66. The molecule has 0 aromatic heterocycles. The summed E-state index contributed by atoms with van der Waals surface area (Å²) in [5, 5.41) is 16.0. The molecule has 1 saturated heterocycles. The summed E-state index contributed by atoms with van der Waals surface area (Å²) in [6, 6.07) is 0. The second kappa shape index (κ2) is 13.3. The van der Waals surface area contributed by atoms with Crippen LogP contribution in [0.2, 0.25) is 0 Å². The Morgan fingerprint density at radius 2 is 2.11 bits per heavy atom. The highest BCUT2D eigenvalue weighted by molar-refractivity contribution is 5.62. The second-order valence-corrected chi connectivity index (χ2v) is 4.16. The first-order valence-electron chi connectivity index (χ1n) is 6.66. The number of carbonyl (C=O) groups is 1. The minimum atomic E-state index is -0.833. The maximum atomic E-state index is 9.00. The van der Waals surface area contributed by atoms with E-state index in [9.17, 15) is 0 Å². The maximum absolute atomic E-state index is 9.00. The number of ether oxygens (including phenoxy) is 2. The lowest BCUT2D eigenvalue weighted by atomic mass is 10.2. The van der Waals surface area contributed by atoms with Crippen LogP contribution >= 0.6 is 0 Å². The van der Waals surface area contributed by atoms with Crippen molar-refractivity contribution in [2.75, 3.05) is 19.8 Å². The number of hydrogen-bond acceptors (Lipinski definition) is 4. The van der Waals surface area contributed by atoms with Crippen LogP contribution in [-0.2, 0) is 14.3 Å². The van der Waals surface area contributed by atoms with Crippen LogP contribution in [0.3, 0.4) is 0 Å². The van der Waals surface area contributed by atoms with Crippen molar-refractivity contribution in [2.24, 2.45) is 0 Å². The fourth-order valence-electron chi connectivity index (χ4n) is 1.44. The number of unbranched alkanes of at least 4 members (excludes halogenated alkanes) is 2. The summed E-state index contributed by atoms with van der Waals surface area (Å²) in [5.41, 5.74) is 0. The number of carboxylic acids is 1. The topological polar surface area (TPSA) is 76.0 Å². The van der Waals surface area contributed by atoms with E-state index >= 15 is 0 Å². The van der Waals surface area contributed by atoms with E-state index in [-0.39, 0.29) is 12.9 Å². The highest BCUT2D eigenvalue weighted by Gasteiger charge is 2.12. The lowest BCUT2D eigenvalue weighted by Gasteiger charge is -2.21. The molecule has 1 atom stereocenters. The van der Waals surface area contributed by atoms with Gasteiger partial charge in [-0.1, -0.05) is 5.92 Å². The van der Waals surface area contributed by atoms with Crippen molar-refractivity contribution >= 4 is 5.97 Å². The van der Waals surface area contributed by atoms with E-state index in [0.717, 1.165) is 45.6 Å². The zero-order valence-electron chi connectivity index (χ0n) is 11.6. The van der Waals surface area contributed by atoms with Crippen LogP contribution in [0.4, 0.5) is 0 Å². The molecule has 0 amide bonds. The van der Waals surface area contributed by atoms with E-state index < -0.39 is 5.97 Å². The molecule has 0 bridgehead atoms. The molecule has 1 fully saturated rings. The van der Waals surface area contributed by atoms with Gasteiger partial charge in [-0.05, 0) is 32.1 Å². The van der Waals surface area contributed by atoms with Gasteiger partial charge in [-0.2, -0.15) is 0 Å². The number of aliphatic carboxylic acids is 1. The predicted molar refractivity (Wildman–Crippen MR) is 71.6 cm³/mol. The van der Waals surface area contributed by atoms with Crippen LogP contribution in [0.1, 0.15) is 45.4 Å². The van der Waals surface area contributed by atoms with Gasteiger partial charge < -0.3 is 19.7 Å². The molecule has 1 aliphatic heterocycles. The number of hydrogen-bond donors (Lipinski definition) is 2. The van der Waals surface area contributed by atoms with Gasteiger partial charge in [0.05, 0.1) is 0 Å². The van der Waals surface area contributed by atoms with E-state index in [4.69, 9.17) is 24.5 Å². The normalized spacial score (nSPS) is 17.7. The SMILES string of the molecule is CC(=O)O.OCCCCC#CCOC1CCCCO1. The smallest absolute Gasteiger partial charge is 0.300 e. The molecular formula is C14H24O5. The van der Waals surface area contributed by atoms with Gasteiger partial charge in [-0.25, -0.2) is 0 Å². The van der Waals surface area contributed by atoms with Gasteiger partial charge in [-0.15, -0.1) is 5.92 Å². The molecule has 0 spiro atoms. The van der Waals surface area contributed by atoms with E-state index in [1.54, 1.807) is 0 Å². The molecule has 5 heteroatoms. The maximum Gasteiger partial charge on any atom is 0.300 e. The molecule has 2 N–H and O–H groups in total. The van der Waals surface area contributed by atoms with Crippen molar-refractivity contribution in [3.8, 4) is 11.8 Å². The van der Waals surface area contributed by atoms with Crippen molar-refractivity contribution < 1.29 is 24.5 Å². The van der Waals surface area contributed by atoms with E-state index in [0.29, 0.717) is 6.61 Å². The van der Waals surface area contributed by atoms with Gasteiger partial charge >= 0.3 is 0 Å². The predicted octanol–water partition coefficient (Wildman–Crippen LogP) is 1.79. The molecule has 5 nitrogen and oxygen atoms in total. The molecule has 110 valence electrons. The van der Waals surface area contributed by atoms with E-state index in [1.165, 1.54) is 6.42 Å². The first kappa shape index (κ1) is 17.9. The fourth-order valence-corrected chi connectivity index (χ4v) is 1.44. The summed E-state index contributed by atoms with van der Waals surface area (Å²) in [6.07, 6.45) is 5.93. The fraction of sp³-hybridized carbons (Fsp3) is 0.786. The third kappa shape index (κ3) is 14.9. The first-order chi connectivity index (χ1) is 9.16. The minimum Gasteiger partial charge on any atom is -0.481 e. The second-order valence-electron chi connectivity index (χ2n) is 4.16. The zero-order chi connectivity index (χ0) is 14.3. The molecular weight excluding hydrogens is 248 g/mol. The van der Waals surface area contributed by atoms with Crippen molar-refractivity contribution in [1.82, 2.24) is 0 Å². The number of aliphatic hydroxyl groups excluding tert-OH is 1. The Bertz CT molecular complexity index is 269. The summed E-state index contributed by atoms with van der Waals surface area (Å²) in [5.74, 6) is 5.14. The summed E-state index contributed by atoms with van der Waals surface area (Å²) in [6.45, 7) is 2.62. The van der Waals surface area contributed by atoms with Gasteiger partial charge in [0.25, 0.3) is 5.97 Å². The van der Waals surface area contributed by atoms with E-state index in [2.05, 4.69) is 11.8 Å². The monoisotopic (exact) mass is 272 g/mol. The molecule has 19 heavy (non-hydrogen) atoms. The molecule has 1 heterocycles. The van der Waals surface area contributed by atoms with Crippen LogP contribution in [0.5, 0.6) is 0 Å². The highest BCUT2D eigenvalue weighted by atomic mass is 16.7. The van der Waals surface area contributed by atoms with Crippen LogP contribution in [0.25, 0.3) is 0 Å². The molecule has 0 saturated carbocycles. The van der Waals surface area contributed by atoms with Crippen LogP contribution in [0.15, 0.2) is 0 Å². The Hall–Kier alpha value is -1.09. The van der Waals surface area contributed by atoms with Gasteiger partial charge in [0.2, 0.25) is 0 Å². The summed E-state index contributed by atoms with van der Waals surface area (Å²) < 4.78 is 10.8. The minimum absolute atomic E-state index is 0.0366. The third-order valence-corrected chi connectivity index (χ3v) is 2.31. The van der Waals surface area contributed by atoms with Gasteiger partial charge in [-0.3, -0.25) is 4.79 Å². The zero-order valence-corrected chi connectivity index (χ0v) is 11.6. The van der Waals surface area contributed by atoms with Gasteiger partial charge in [0, 0.05) is 26.6 Å². The third-order valence-electron chi connectivity index (χ3n) is 2.31. The highest BCUT2D eigenvalue weighted by Crippen LogP contribution is 2.12. The average Bonchev–Trinajstić information content (AvgIpc) is 2.38. The molecule has 0 aromatic rings. The average molecular weight is 272 g/mol. The van der Waals surface area contributed by atoms with Crippen LogP contribution in [-0.4, -0.2) is 42.3 Å². The number of carboxylic acid groups (broad SMARTS) is 1. The Balaban J connectivity index is 0.000000711. The Labute approximate surface area is 114 Å². The lowest BCUT2D eigenvalue weighted by molar-refractivity contribution is -0.154. The van der Waals surface area contributed by atoms with Crippen molar-refractivity contribution in [1.29, 1.82) is 0 Å². The Morgan fingerprint density at radius 3 is 2.68 bits per heavy atom. The summed E-state index contributed by atoms with van der Waals surface area (Å²) in [4.78, 5) is 9.00. The summed E-state index contributed by atoms with van der Waals surface area (Å²) >= 11 is 0. The summed E-state index contributed by atoms with van der Waals surface area (Å²) in [7, 11) is 0. The lowest BCUT2D eigenvalue weighted by Crippen LogP contribution is -2.22. The Morgan fingerprint density at radius 1 is 1.37 bits per heavy atom. The van der Waals surface area contributed by atoms with Gasteiger partial charge in [0.15, 0.2) is 6.29 Å². The van der Waals surface area contributed by atoms with Crippen molar-refractivity contribution in [3.05, 3.63) is 0 Å². The van der Waals surface area contributed by atoms with Crippen LogP contribution in [0, 0.1) is 11.8 Å². The molecule has 0 aliphatic carbocycles. The molecule has 1 unspecified atom stereocenters. The van der Waals surface area contributed by atoms with Gasteiger partial charge in [0.1, 0.15) is 6.61 Å². The molecule has 1 aliphatic rings. The van der Waals surface area contributed by atoms with Crippen LogP contribution < -0.4 is 0 Å². The molecule has 1 rings (SSSR count). The molecule has 0 radical (unpaired) electrons. The molecule has 0 aromatic carbocycles. The standard InChI is InChI=1S/C12H20O3.C2H4O2/c13-9-5-2-1-3-6-10-14-12-8-4-7-11-15-12;1-2(3)4/h12-13H,1-2,4-5,7-11H2;1H3,(H,3,4). The number of aliphatic hydroxyl groups is 1.